The van der Waals surface area contributed by atoms with Gasteiger partial charge in [-0.1, -0.05) is 19.1 Å². The van der Waals surface area contributed by atoms with Gasteiger partial charge in [-0.3, -0.25) is 4.31 Å². The van der Waals surface area contributed by atoms with Crippen molar-refractivity contribution in [2.45, 2.75) is 25.0 Å². The van der Waals surface area contributed by atoms with E-state index in [1.807, 2.05) is 18.2 Å². The molecule has 0 fully saturated rings. The van der Waals surface area contributed by atoms with Gasteiger partial charge in [0.05, 0.1) is 17.4 Å². The number of para-hydroxylation sites is 1. The summed E-state index contributed by atoms with van der Waals surface area (Å²) in [6.07, 6.45) is 0.916. The van der Waals surface area contributed by atoms with Crippen LogP contribution in [0.3, 0.4) is 0 Å². The summed E-state index contributed by atoms with van der Waals surface area (Å²) >= 11 is 0. The molecule has 0 aliphatic carbocycles. The third-order valence-electron chi connectivity index (χ3n) is 3.17. The molecular weight excluding hydrogens is 250 g/mol. The summed E-state index contributed by atoms with van der Waals surface area (Å²) in [6, 6.07) is 7.21. The summed E-state index contributed by atoms with van der Waals surface area (Å²) in [5, 5.41) is 7.94. The van der Waals surface area contributed by atoms with E-state index in [4.69, 9.17) is 11.0 Å². The van der Waals surface area contributed by atoms with Crippen LogP contribution in [-0.4, -0.2) is 20.2 Å². The van der Waals surface area contributed by atoms with Gasteiger partial charge in [0.1, 0.15) is 0 Å². The molecule has 5 nitrogen and oxygen atoms in total. The highest BCUT2D eigenvalue weighted by Crippen LogP contribution is 2.36. The van der Waals surface area contributed by atoms with E-state index in [2.05, 4.69) is 0 Å². The average Bonchev–Trinajstić information content (AvgIpc) is 2.76. The quantitative estimate of drug-likeness (QED) is 0.833. The van der Waals surface area contributed by atoms with E-state index < -0.39 is 15.3 Å². The fraction of sp³-hybridized carbons (Fsp3) is 0.417. The molecular formula is C12H15N3O2S. The maximum absolute atomic E-state index is 12.4. The fourth-order valence-electron chi connectivity index (χ4n) is 2.23. The number of anilines is 2. The second kappa shape index (κ2) is 4.50. The molecule has 0 saturated heterocycles. The first-order chi connectivity index (χ1) is 8.52. The van der Waals surface area contributed by atoms with Crippen LogP contribution in [0.1, 0.15) is 18.9 Å². The van der Waals surface area contributed by atoms with Crippen molar-refractivity contribution in [3.05, 3.63) is 23.8 Å². The standard InChI is InChI=1S/C12H15N3O2S/c1-2-10(8-13)18(16,17)15-7-6-9-4-3-5-11(14)12(9)15/h3-5,10H,2,6-7,14H2,1H3. The Morgan fingerprint density at radius 1 is 1.56 bits per heavy atom. The van der Waals surface area contributed by atoms with Crippen molar-refractivity contribution in [2.75, 3.05) is 16.6 Å². The normalized spacial score (nSPS) is 16.1. The van der Waals surface area contributed by atoms with Gasteiger partial charge in [-0.2, -0.15) is 5.26 Å². The summed E-state index contributed by atoms with van der Waals surface area (Å²) in [4.78, 5) is 0. The van der Waals surface area contributed by atoms with Crippen LogP contribution < -0.4 is 10.0 Å². The number of hydrogen-bond donors (Lipinski definition) is 1. The van der Waals surface area contributed by atoms with Gasteiger partial charge in [-0.05, 0) is 24.5 Å². The number of benzene rings is 1. The molecule has 6 heteroatoms. The lowest BCUT2D eigenvalue weighted by Crippen LogP contribution is -2.37. The lowest BCUT2D eigenvalue weighted by molar-refractivity contribution is 0.583. The summed E-state index contributed by atoms with van der Waals surface area (Å²) in [5.41, 5.74) is 7.77. The van der Waals surface area contributed by atoms with Gasteiger partial charge in [0.2, 0.25) is 0 Å². The van der Waals surface area contributed by atoms with Crippen molar-refractivity contribution in [3.8, 4) is 6.07 Å². The molecule has 1 aromatic rings. The van der Waals surface area contributed by atoms with Gasteiger partial charge in [0.25, 0.3) is 10.0 Å². The van der Waals surface area contributed by atoms with E-state index in [1.54, 1.807) is 13.0 Å². The molecule has 2 rings (SSSR count). The average molecular weight is 265 g/mol. The van der Waals surface area contributed by atoms with Crippen molar-refractivity contribution in [3.63, 3.8) is 0 Å². The maximum Gasteiger partial charge on any atom is 0.251 e. The minimum atomic E-state index is -3.64. The van der Waals surface area contributed by atoms with Crippen LogP contribution in [0.5, 0.6) is 0 Å². The molecule has 0 bridgehead atoms. The van der Waals surface area contributed by atoms with Gasteiger partial charge < -0.3 is 5.73 Å². The zero-order valence-electron chi connectivity index (χ0n) is 10.1. The largest absolute Gasteiger partial charge is 0.397 e. The molecule has 1 aliphatic rings. The van der Waals surface area contributed by atoms with E-state index >= 15 is 0 Å². The Morgan fingerprint density at radius 3 is 2.89 bits per heavy atom. The van der Waals surface area contributed by atoms with Gasteiger partial charge in [-0.15, -0.1) is 0 Å². The zero-order chi connectivity index (χ0) is 13.3. The molecule has 0 spiro atoms. The highest BCUT2D eigenvalue weighted by Gasteiger charge is 2.36. The molecule has 1 aliphatic heterocycles. The van der Waals surface area contributed by atoms with Gasteiger partial charge in [-0.25, -0.2) is 8.42 Å². The predicted molar refractivity (Wildman–Crippen MR) is 70.5 cm³/mol. The summed E-state index contributed by atoms with van der Waals surface area (Å²) in [7, 11) is -3.64. The van der Waals surface area contributed by atoms with Crippen LogP contribution in [0.15, 0.2) is 18.2 Å². The highest BCUT2D eigenvalue weighted by atomic mass is 32.2. The monoisotopic (exact) mass is 265 g/mol. The maximum atomic E-state index is 12.4. The number of hydrogen-bond acceptors (Lipinski definition) is 4. The van der Waals surface area contributed by atoms with Gasteiger partial charge in [0, 0.05) is 6.54 Å². The molecule has 2 N–H and O–H groups in total. The smallest absolute Gasteiger partial charge is 0.251 e. The Hall–Kier alpha value is -1.74. The number of nitrogens with zero attached hydrogens (tertiary/aromatic N) is 2. The molecule has 96 valence electrons. The van der Waals surface area contributed by atoms with Crippen LogP contribution in [0.4, 0.5) is 11.4 Å². The molecule has 0 aromatic heterocycles. The van der Waals surface area contributed by atoms with Crippen LogP contribution in [0.25, 0.3) is 0 Å². The molecule has 0 saturated carbocycles. The molecule has 1 atom stereocenters. The van der Waals surface area contributed by atoms with Crippen molar-refractivity contribution in [1.82, 2.24) is 0 Å². The topological polar surface area (TPSA) is 87.2 Å². The van der Waals surface area contributed by atoms with Crippen LogP contribution in [0.2, 0.25) is 0 Å². The molecule has 18 heavy (non-hydrogen) atoms. The second-order valence-electron chi connectivity index (χ2n) is 4.25. The minimum absolute atomic E-state index is 0.275. The summed E-state index contributed by atoms with van der Waals surface area (Å²) in [5.74, 6) is 0. The Bertz CT molecular complexity index is 604. The van der Waals surface area contributed by atoms with E-state index in [1.165, 1.54) is 4.31 Å². The van der Waals surface area contributed by atoms with E-state index in [0.717, 1.165) is 5.56 Å². The predicted octanol–water partition coefficient (Wildman–Crippen LogP) is 1.26. The molecule has 1 aromatic carbocycles. The Balaban J connectivity index is 2.50. The first kappa shape index (κ1) is 12.7. The van der Waals surface area contributed by atoms with E-state index in [0.29, 0.717) is 24.3 Å². The Labute approximate surface area is 107 Å². The van der Waals surface area contributed by atoms with Crippen LogP contribution >= 0.6 is 0 Å². The van der Waals surface area contributed by atoms with Crippen molar-refractivity contribution in [2.24, 2.45) is 0 Å². The Kier molecular flexibility index (Phi) is 3.18. The minimum Gasteiger partial charge on any atom is -0.397 e. The Morgan fingerprint density at radius 2 is 2.28 bits per heavy atom. The third-order valence-corrected chi connectivity index (χ3v) is 5.30. The van der Waals surface area contributed by atoms with E-state index in [-0.39, 0.29) is 6.42 Å². The summed E-state index contributed by atoms with van der Waals surface area (Å²) in [6.45, 7) is 2.06. The highest BCUT2D eigenvalue weighted by molar-refractivity contribution is 7.93. The fourth-order valence-corrected chi connectivity index (χ4v) is 3.91. The third kappa shape index (κ3) is 1.81. The SMILES string of the molecule is CCC(C#N)S(=O)(=O)N1CCc2cccc(N)c21. The lowest BCUT2D eigenvalue weighted by atomic mass is 10.1. The second-order valence-corrected chi connectivity index (χ2v) is 6.29. The van der Waals surface area contributed by atoms with Crippen molar-refractivity contribution in [1.29, 1.82) is 5.26 Å². The van der Waals surface area contributed by atoms with Crippen molar-refractivity contribution >= 4 is 21.4 Å². The molecule has 0 amide bonds. The molecule has 1 unspecified atom stereocenters. The molecule has 1 heterocycles. The number of rotatable bonds is 3. The summed E-state index contributed by atoms with van der Waals surface area (Å²) < 4.78 is 26.0. The zero-order valence-corrected chi connectivity index (χ0v) is 10.9. The number of nitrogens with two attached hydrogens (primary N) is 1. The van der Waals surface area contributed by atoms with E-state index in [9.17, 15) is 8.42 Å². The van der Waals surface area contributed by atoms with Gasteiger partial charge in [0.15, 0.2) is 5.25 Å². The number of sulfonamides is 1. The first-order valence-corrected chi connectivity index (χ1v) is 7.31. The molecule has 0 radical (unpaired) electrons. The van der Waals surface area contributed by atoms with Gasteiger partial charge >= 0.3 is 0 Å². The number of fused-ring (bicyclic) bond motifs is 1. The number of nitriles is 1. The van der Waals surface area contributed by atoms with Crippen LogP contribution in [-0.2, 0) is 16.4 Å². The van der Waals surface area contributed by atoms with Crippen LogP contribution in [0, 0.1) is 11.3 Å². The van der Waals surface area contributed by atoms with Crippen molar-refractivity contribution < 1.29 is 8.42 Å². The first-order valence-electron chi connectivity index (χ1n) is 5.81. The lowest BCUT2D eigenvalue weighted by Gasteiger charge is -2.23. The number of nitrogen functional groups attached to an aromatic ring is 1.